The Hall–Kier alpha value is -0.150. The van der Waals surface area contributed by atoms with Crippen LogP contribution in [0.25, 0.3) is 0 Å². The molecule has 33 heavy (non-hydrogen) atoms. The minimum atomic E-state index is -3.57. The number of hydrogen-bond donors (Lipinski definition) is 1. The van der Waals surface area contributed by atoms with Gasteiger partial charge in [0.15, 0.2) is 5.78 Å². The molecular formula is C28H59NO3P+. The van der Waals surface area contributed by atoms with Crippen LogP contribution in [0.15, 0.2) is 12.2 Å². The first-order chi connectivity index (χ1) is 15.8. The van der Waals surface area contributed by atoms with Crippen molar-refractivity contribution in [3.63, 3.8) is 0 Å². The number of rotatable bonds is 24. The molecule has 5 heteroatoms. The molecule has 0 aliphatic carbocycles. The van der Waals surface area contributed by atoms with E-state index in [-0.39, 0.29) is 5.78 Å². The number of allylic oxidation sites excluding steroid dienone is 2. The summed E-state index contributed by atoms with van der Waals surface area (Å²) in [5, 5.41) is 0. The molecule has 4 nitrogen and oxygen atoms in total. The zero-order valence-electron chi connectivity index (χ0n) is 23.0. The number of quaternary nitrogens is 1. The Morgan fingerprint density at radius 2 is 1.12 bits per heavy atom. The van der Waals surface area contributed by atoms with Gasteiger partial charge >= 0.3 is 7.60 Å². The van der Waals surface area contributed by atoms with Crippen molar-refractivity contribution in [2.75, 3.05) is 27.7 Å². The summed E-state index contributed by atoms with van der Waals surface area (Å²) in [5.74, 6) is -0.333. The van der Waals surface area contributed by atoms with Gasteiger partial charge in [-0.15, -0.1) is 0 Å². The molecule has 0 aliphatic rings. The third-order valence-corrected chi connectivity index (χ3v) is 8.76. The Bertz CT molecular complexity index is 502. The average molecular weight is 489 g/mol. The van der Waals surface area contributed by atoms with Crippen LogP contribution in [0.5, 0.6) is 0 Å². The highest BCUT2D eigenvalue weighted by Crippen LogP contribution is 2.51. The smallest absolute Gasteiger partial charge is 0.320 e. The van der Waals surface area contributed by atoms with E-state index in [2.05, 4.69) is 26.0 Å². The SMILES string of the molecule is CCCCC=CCCCCCCCCCCCCCCCOP(=O)(O)C(CCC)[N+](C)(C)C. The summed E-state index contributed by atoms with van der Waals surface area (Å²) in [6.45, 7) is 4.71. The van der Waals surface area contributed by atoms with E-state index < -0.39 is 7.60 Å². The Morgan fingerprint density at radius 3 is 1.55 bits per heavy atom. The minimum absolute atomic E-state index is 0.333. The molecule has 2 atom stereocenters. The van der Waals surface area contributed by atoms with E-state index in [1.165, 1.54) is 96.3 Å². The van der Waals surface area contributed by atoms with Crippen molar-refractivity contribution in [2.24, 2.45) is 0 Å². The maximum absolute atomic E-state index is 12.7. The van der Waals surface area contributed by atoms with Gasteiger partial charge < -0.3 is 13.9 Å². The first-order valence-electron chi connectivity index (χ1n) is 14.2. The standard InChI is InChI=1S/C28H58NO3P/c1-6-8-9-10-11-12-13-14-15-16-17-18-19-20-21-22-23-24-25-27-32-33(30,31)28(26-7-2)29(3,4)5/h10-11,28H,6-9,12-27H2,1-5H3/p+1. The van der Waals surface area contributed by atoms with Crippen LogP contribution in [0.3, 0.4) is 0 Å². The van der Waals surface area contributed by atoms with Gasteiger partial charge in [-0.1, -0.05) is 109 Å². The van der Waals surface area contributed by atoms with Crippen molar-refractivity contribution < 1.29 is 18.5 Å². The molecular weight excluding hydrogens is 429 g/mol. The average Bonchev–Trinajstić information content (AvgIpc) is 2.75. The largest absolute Gasteiger partial charge is 0.385 e. The summed E-state index contributed by atoms with van der Waals surface area (Å²) in [7, 11) is 2.36. The molecule has 0 saturated carbocycles. The molecule has 0 spiro atoms. The van der Waals surface area contributed by atoms with Crippen LogP contribution in [0.4, 0.5) is 0 Å². The molecule has 0 saturated heterocycles. The first kappa shape index (κ1) is 32.8. The van der Waals surface area contributed by atoms with Crippen LogP contribution in [0.1, 0.15) is 136 Å². The number of unbranched alkanes of at least 4 members (excludes halogenated alkanes) is 15. The zero-order valence-corrected chi connectivity index (χ0v) is 23.9. The lowest BCUT2D eigenvalue weighted by Gasteiger charge is -2.35. The van der Waals surface area contributed by atoms with Gasteiger partial charge in [0.2, 0.25) is 0 Å². The van der Waals surface area contributed by atoms with Gasteiger partial charge in [-0.05, 0) is 32.1 Å². The Morgan fingerprint density at radius 1 is 0.697 bits per heavy atom. The minimum Gasteiger partial charge on any atom is -0.320 e. The monoisotopic (exact) mass is 488 g/mol. The summed E-state index contributed by atoms with van der Waals surface area (Å²) in [4.78, 5) is 10.4. The van der Waals surface area contributed by atoms with Gasteiger partial charge in [0.05, 0.1) is 27.7 Å². The van der Waals surface area contributed by atoms with E-state index in [9.17, 15) is 9.46 Å². The third-order valence-electron chi connectivity index (χ3n) is 6.50. The van der Waals surface area contributed by atoms with Gasteiger partial charge in [0.25, 0.3) is 0 Å². The highest BCUT2D eigenvalue weighted by atomic mass is 31.2. The molecule has 1 N–H and O–H groups in total. The molecule has 0 heterocycles. The first-order valence-corrected chi connectivity index (χ1v) is 15.8. The Labute approximate surface area is 207 Å². The lowest BCUT2D eigenvalue weighted by Crippen LogP contribution is -2.45. The van der Waals surface area contributed by atoms with E-state index >= 15 is 0 Å². The lowest BCUT2D eigenvalue weighted by atomic mass is 10.0. The molecule has 0 radical (unpaired) electrons. The molecule has 2 unspecified atom stereocenters. The van der Waals surface area contributed by atoms with E-state index in [0.29, 0.717) is 17.5 Å². The van der Waals surface area contributed by atoms with Crippen LogP contribution in [-0.2, 0) is 9.09 Å². The molecule has 0 fully saturated rings. The summed E-state index contributed by atoms with van der Waals surface area (Å²) < 4.78 is 18.6. The predicted molar refractivity (Wildman–Crippen MR) is 146 cm³/mol. The fourth-order valence-electron chi connectivity index (χ4n) is 4.39. The molecule has 0 aliphatic heterocycles. The summed E-state index contributed by atoms with van der Waals surface area (Å²) in [6, 6.07) is 0. The summed E-state index contributed by atoms with van der Waals surface area (Å²) >= 11 is 0. The Kier molecular flexibility index (Phi) is 21.1. The molecule has 0 rings (SSSR count). The normalized spacial score (nSPS) is 15.2. The second-order valence-corrected chi connectivity index (χ2v) is 12.8. The van der Waals surface area contributed by atoms with Gasteiger partial charge in [-0.25, -0.2) is 0 Å². The molecule has 0 aromatic rings. The molecule has 0 bridgehead atoms. The Balaban J connectivity index is 3.48. The maximum Gasteiger partial charge on any atom is 0.385 e. The van der Waals surface area contributed by atoms with Crippen molar-refractivity contribution >= 4 is 7.60 Å². The summed E-state index contributed by atoms with van der Waals surface area (Å²) in [6.07, 6.45) is 28.4. The van der Waals surface area contributed by atoms with Gasteiger partial charge in [-0.3, -0.25) is 4.57 Å². The molecule has 0 aromatic heterocycles. The lowest BCUT2D eigenvalue weighted by molar-refractivity contribution is -0.883. The van der Waals surface area contributed by atoms with Crippen LogP contribution in [0, 0.1) is 0 Å². The second kappa shape index (κ2) is 21.2. The van der Waals surface area contributed by atoms with Crippen LogP contribution in [-0.4, -0.2) is 42.9 Å². The fourth-order valence-corrected chi connectivity index (χ4v) is 6.42. The zero-order chi connectivity index (χ0) is 24.8. The fraction of sp³-hybridized carbons (Fsp3) is 0.929. The van der Waals surface area contributed by atoms with E-state index in [1.807, 2.05) is 21.1 Å². The van der Waals surface area contributed by atoms with Crippen molar-refractivity contribution in [1.82, 2.24) is 0 Å². The van der Waals surface area contributed by atoms with Gasteiger partial charge in [-0.2, -0.15) is 0 Å². The van der Waals surface area contributed by atoms with Crippen molar-refractivity contribution in [3.8, 4) is 0 Å². The van der Waals surface area contributed by atoms with Crippen LogP contribution < -0.4 is 0 Å². The van der Waals surface area contributed by atoms with E-state index in [0.717, 1.165) is 19.3 Å². The quantitative estimate of drug-likeness (QED) is 0.0637. The highest BCUT2D eigenvalue weighted by molar-refractivity contribution is 7.53. The highest BCUT2D eigenvalue weighted by Gasteiger charge is 2.41. The summed E-state index contributed by atoms with van der Waals surface area (Å²) in [5.41, 5.74) is 0. The van der Waals surface area contributed by atoms with Crippen molar-refractivity contribution in [1.29, 1.82) is 0 Å². The van der Waals surface area contributed by atoms with Crippen molar-refractivity contribution in [3.05, 3.63) is 12.2 Å². The van der Waals surface area contributed by atoms with Gasteiger partial charge in [0, 0.05) is 6.42 Å². The molecule has 0 aromatic carbocycles. The van der Waals surface area contributed by atoms with E-state index in [1.54, 1.807) is 0 Å². The van der Waals surface area contributed by atoms with Crippen LogP contribution >= 0.6 is 7.60 Å². The topological polar surface area (TPSA) is 46.5 Å². The van der Waals surface area contributed by atoms with Gasteiger partial charge in [0.1, 0.15) is 0 Å². The second-order valence-electron chi connectivity index (χ2n) is 10.8. The number of hydrogen-bond acceptors (Lipinski definition) is 2. The predicted octanol–water partition coefficient (Wildman–Crippen LogP) is 9.23. The maximum atomic E-state index is 12.7. The molecule has 198 valence electrons. The van der Waals surface area contributed by atoms with Crippen molar-refractivity contribution in [2.45, 2.75) is 142 Å². The van der Waals surface area contributed by atoms with Crippen LogP contribution in [0.2, 0.25) is 0 Å². The molecule has 0 amide bonds. The third kappa shape index (κ3) is 19.8. The van der Waals surface area contributed by atoms with E-state index in [4.69, 9.17) is 4.52 Å². The number of nitrogens with zero attached hydrogens (tertiary/aromatic N) is 1.